The van der Waals surface area contributed by atoms with Crippen molar-refractivity contribution < 1.29 is 34.4 Å². The highest BCUT2D eigenvalue weighted by atomic mass is 16.5. The van der Waals surface area contributed by atoms with Gasteiger partial charge in [0.2, 0.25) is 0 Å². The number of methoxy groups -OCH3 is 2. The van der Waals surface area contributed by atoms with Crippen molar-refractivity contribution in [3.8, 4) is 17.2 Å². The van der Waals surface area contributed by atoms with Crippen LogP contribution in [-0.2, 0) is 9.59 Å². The van der Waals surface area contributed by atoms with Gasteiger partial charge in [0.15, 0.2) is 23.1 Å². The molecule has 3 N–H and O–H groups in total. The molecule has 2 aromatic rings. The van der Waals surface area contributed by atoms with Gasteiger partial charge in [-0.05, 0) is 60.0 Å². The Morgan fingerprint density at radius 3 is 1.87 bits per heavy atom. The quantitative estimate of drug-likeness (QED) is 0.395. The summed E-state index contributed by atoms with van der Waals surface area (Å²) in [6.07, 6.45) is 5.20. The fourth-order valence-electron chi connectivity index (χ4n) is 2.88. The first-order chi connectivity index (χ1) is 14.8. The van der Waals surface area contributed by atoms with E-state index >= 15 is 0 Å². The predicted octanol–water partition coefficient (Wildman–Crippen LogP) is 2.55. The number of benzene rings is 2. The maximum atomic E-state index is 12.8. The number of aliphatic hydroxyl groups excluding tert-OH is 2. The van der Waals surface area contributed by atoms with Gasteiger partial charge in [0.1, 0.15) is 11.2 Å². The molecule has 0 atom stereocenters. The van der Waals surface area contributed by atoms with Crippen molar-refractivity contribution in [2.45, 2.75) is 6.92 Å². The molecule has 0 unspecified atom stereocenters. The van der Waals surface area contributed by atoms with Gasteiger partial charge < -0.3 is 24.8 Å². The number of allylic oxidation sites excluding steroid dienone is 2. The molecule has 0 aliphatic carbocycles. The van der Waals surface area contributed by atoms with Crippen LogP contribution in [0.1, 0.15) is 16.7 Å². The van der Waals surface area contributed by atoms with Crippen LogP contribution in [0.3, 0.4) is 0 Å². The van der Waals surface area contributed by atoms with Crippen molar-refractivity contribution in [1.82, 2.24) is 0 Å². The molecule has 0 spiro atoms. The number of phenols is 1. The summed E-state index contributed by atoms with van der Waals surface area (Å²) in [5, 5.41) is 29.2. The highest BCUT2D eigenvalue weighted by Crippen LogP contribution is 2.28. The second kappa shape index (κ2) is 10.6. The summed E-state index contributed by atoms with van der Waals surface area (Å²) in [4.78, 5) is 25.5. The van der Waals surface area contributed by atoms with Crippen molar-refractivity contribution in [3.63, 3.8) is 0 Å². The molecule has 31 heavy (non-hydrogen) atoms. The van der Waals surface area contributed by atoms with E-state index in [4.69, 9.17) is 9.47 Å². The molecule has 7 nitrogen and oxygen atoms in total. The summed E-state index contributed by atoms with van der Waals surface area (Å²) in [5.41, 5.74) is -0.144. The molecule has 0 aromatic heterocycles. The Morgan fingerprint density at radius 1 is 0.871 bits per heavy atom. The molecule has 0 aliphatic heterocycles. The topological polar surface area (TPSA) is 113 Å². The van der Waals surface area contributed by atoms with Crippen molar-refractivity contribution >= 4 is 23.7 Å². The second-order valence-corrected chi connectivity index (χ2v) is 6.95. The minimum atomic E-state index is -2.00. The Hall–Kier alpha value is -3.42. The Labute approximate surface area is 180 Å². The molecule has 2 rings (SSSR count). The number of aryl methyl sites for hydroxylation is 1. The zero-order chi connectivity index (χ0) is 23.0. The molecule has 0 amide bonds. The van der Waals surface area contributed by atoms with Crippen LogP contribution in [0.15, 0.2) is 48.6 Å². The van der Waals surface area contributed by atoms with Gasteiger partial charge in [0, 0.05) is 0 Å². The van der Waals surface area contributed by atoms with E-state index in [-0.39, 0.29) is 5.75 Å². The summed E-state index contributed by atoms with van der Waals surface area (Å²) in [6.45, 7) is 0.00942. The first-order valence-electron chi connectivity index (χ1n) is 9.49. The van der Waals surface area contributed by atoms with Crippen LogP contribution < -0.4 is 9.47 Å². The molecule has 0 radical (unpaired) electrons. The van der Waals surface area contributed by atoms with Crippen LogP contribution >= 0.6 is 0 Å². The minimum absolute atomic E-state index is 0.124. The normalized spacial score (nSPS) is 11.8. The third-order valence-electron chi connectivity index (χ3n) is 4.97. The van der Waals surface area contributed by atoms with E-state index in [2.05, 4.69) is 0 Å². The molecular formula is C24H26O7. The second-order valence-electron chi connectivity index (χ2n) is 6.95. The number of phenolic OH excluding ortho intramolecular Hbond substituents is 1. The highest BCUT2D eigenvalue weighted by Gasteiger charge is 2.42. The van der Waals surface area contributed by atoms with Crippen LogP contribution in [0.4, 0.5) is 0 Å². The lowest BCUT2D eigenvalue weighted by Crippen LogP contribution is -2.44. The number of hydrogen-bond donors (Lipinski definition) is 3. The lowest BCUT2D eigenvalue weighted by molar-refractivity contribution is -0.140. The lowest BCUT2D eigenvalue weighted by atomic mass is 9.80. The summed E-state index contributed by atoms with van der Waals surface area (Å²) in [6, 6.07) is 9.77. The molecule has 0 bridgehead atoms. The number of ketones is 2. The maximum absolute atomic E-state index is 12.8. The van der Waals surface area contributed by atoms with Gasteiger partial charge in [-0.2, -0.15) is 0 Å². The average Bonchev–Trinajstić information content (AvgIpc) is 2.79. The number of rotatable bonds is 10. The lowest BCUT2D eigenvalue weighted by Gasteiger charge is -2.23. The summed E-state index contributed by atoms with van der Waals surface area (Å²) >= 11 is 0. The monoisotopic (exact) mass is 426 g/mol. The largest absolute Gasteiger partial charge is 0.508 e. The number of ether oxygens (including phenoxy) is 2. The first-order valence-corrected chi connectivity index (χ1v) is 9.49. The van der Waals surface area contributed by atoms with Crippen LogP contribution in [0.2, 0.25) is 0 Å². The number of aliphatic hydroxyl groups is 2. The van der Waals surface area contributed by atoms with Crippen LogP contribution in [0.25, 0.3) is 12.2 Å². The van der Waals surface area contributed by atoms with Gasteiger partial charge >= 0.3 is 0 Å². The summed E-state index contributed by atoms with van der Waals surface area (Å²) < 4.78 is 10.4. The van der Waals surface area contributed by atoms with Crippen molar-refractivity contribution in [2.24, 2.45) is 5.41 Å². The Bertz CT molecular complexity index is 1000. The Balaban J connectivity index is 2.26. The van der Waals surface area contributed by atoms with E-state index in [1.807, 2.05) is 0 Å². The zero-order valence-corrected chi connectivity index (χ0v) is 17.7. The fourth-order valence-corrected chi connectivity index (χ4v) is 2.88. The molecule has 0 fully saturated rings. The van der Waals surface area contributed by atoms with E-state index in [1.165, 1.54) is 32.4 Å². The third kappa shape index (κ3) is 5.39. The van der Waals surface area contributed by atoms with Crippen molar-refractivity contribution in [3.05, 3.63) is 65.2 Å². The van der Waals surface area contributed by atoms with Gasteiger partial charge in [-0.3, -0.25) is 9.59 Å². The molecular weight excluding hydrogens is 400 g/mol. The maximum Gasteiger partial charge on any atom is 0.174 e. The van der Waals surface area contributed by atoms with Crippen LogP contribution in [-0.4, -0.2) is 54.3 Å². The third-order valence-corrected chi connectivity index (χ3v) is 4.97. The van der Waals surface area contributed by atoms with Crippen molar-refractivity contribution in [1.29, 1.82) is 0 Å². The fraction of sp³-hybridized carbons (Fsp3) is 0.250. The summed E-state index contributed by atoms with van der Waals surface area (Å²) in [7, 11) is 2.99. The number of hydrogen-bond acceptors (Lipinski definition) is 7. The van der Waals surface area contributed by atoms with Crippen LogP contribution in [0, 0.1) is 12.3 Å². The van der Waals surface area contributed by atoms with Gasteiger partial charge in [-0.25, -0.2) is 0 Å². The molecule has 0 saturated heterocycles. The van der Waals surface area contributed by atoms with Gasteiger partial charge in [0.25, 0.3) is 0 Å². The molecule has 0 aliphatic rings. The summed E-state index contributed by atoms with van der Waals surface area (Å²) in [5.74, 6) is -0.347. The molecule has 0 heterocycles. The molecule has 0 saturated carbocycles. The smallest absolute Gasteiger partial charge is 0.174 e. The van der Waals surface area contributed by atoms with E-state index < -0.39 is 30.2 Å². The highest BCUT2D eigenvalue weighted by molar-refractivity contribution is 6.17. The van der Waals surface area contributed by atoms with Gasteiger partial charge in [-0.1, -0.05) is 24.3 Å². The number of carbonyl (C=O) groups excluding carboxylic acids is 2. The van der Waals surface area contributed by atoms with Gasteiger partial charge in [0.05, 0.1) is 27.4 Å². The number of carbonyl (C=O) groups is 2. The van der Waals surface area contributed by atoms with E-state index in [1.54, 1.807) is 37.3 Å². The van der Waals surface area contributed by atoms with E-state index in [0.29, 0.717) is 28.2 Å². The predicted molar refractivity (Wildman–Crippen MR) is 117 cm³/mol. The SMILES string of the molecule is COc1ccc(/C=C/C(=O)C(CO)(CO)C(=O)/C=C/c2ccc(O)c(C)c2)cc1OC. The Kier molecular flexibility index (Phi) is 8.13. The average molecular weight is 426 g/mol. The standard InChI is InChI=1S/C24H26O7/c1-16-12-17(4-8-19(16)27)6-10-22(28)24(14-25,15-26)23(29)11-7-18-5-9-20(30-2)21(13-18)31-3/h4-13,25-27H,14-15H2,1-3H3/b10-6+,11-7+. The first kappa shape index (κ1) is 23.9. The van der Waals surface area contributed by atoms with E-state index in [9.17, 15) is 24.9 Å². The van der Waals surface area contributed by atoms with Crippen molar-refractivity contribution in [2.75, 3.05) is 27.4 Å². The van der Waals surface area contributed by atoms with E-state index in [0.717, 1.165) is 12.2 Å². The molecule has 2 aromatic carbocycles. The Morgan fingerprint density at radius 2 is 1.39 bits per heavy atom. The van der Waals surface area contributed by atoms with Crippen LogP contribution in [0.5, 0.6) is 17.2 Å². The molecule has 164 valence electrons. The van der Waals surface area contributed by atoms with Gasteiger partial charge in [-0.15, -0.1) is 0 Å². The zero-order valence-electron chi connectivity index (χ0n) is 17.7. The minimum Gasteiger partial charge on any atom is -0.508 e. The number of aromatic hydroxyl groups is 1. The molecule has 7 heteroatoms.